The number of hydrogen-bond acceptors (Lipinski definition) is 5. The first kappa shape index (κ1) is 21.3. The van der Waals surface area contributed by atoms with Gasteiger partial charge in [-0.05, 0) is 32.0 Å². The van der Waals surface area contributed by atoms with Gasteiger partial charge in [0.15, 0.2) is 11.5 Å². The van der Waals surface area contributed by atoms with Crippen LogP contribution >= 0.6 is 11.8 Å². The van der Waals surface area contributed by atoms with Crippen LogP contribution in [0.25, 0.3) is 5.69 Å². The molecule has 3 aromatic rings. The van der Waals surface area contributed by atoms with E-state index in [2.05, 4.69) is 6.92 Å². The number of amides is 1. The van der Waals surface area contributed by atoms with E-state index in [0.29, 0.717) is 24.5 Å². The van der Waals surface area contributed by atoms with E-state index in [-0.39, 0.29) is 11.3 Å². The molecule has 0 bridgehead atoms. The maximum Gasteiger partial charge on any atom is 0.224 e. The SMILES string of the molecule is COc1cccc(CN2C(=O)CCSC2c2c(C)nn(-c3ccccc3)c2C)c1OC. The van der Waals surface area contributed by atoms with E-state index in [9.17, 15) is 4.79 Å². The summed E-state index contributed by atoms with van der Waals surface area (Å²) in [6, 6.07) is 15.9. The summed E-state index contributed by atoms with van der Waals surface area (Å²) in [5.74, 6) is 2.27. The summed E-state index contributed by atoms with van der Waals surface area (Å²) >= 11 is 1.79. The second-order valence-corrected chi connectivity index (χ2v) is 8.67. The lowest BCUT2D eigenvalue weighted by atomic mass is 10.1. The molecule has 1 aromatic heterocycles. The fourth-order valence-electron chi connectivity index (χ4n) is 4.13. The molecule has 1 aliphatic heterocycles. The minimum Gasteiger partial charge on any atom is -0.493 e. The maximum absolute atomic E-state index is 13.0. The molecule has 1 fully saturated rings. The molecule has 0 spiro atoms. The van der Waals surface area contributed by atoms with Crippen LogP contribution in [-0.4, -0.2) is 40.6 Å². The average Bonchev–Trinajstić information content (AvgIpc) is 3.09. The lowest BCUT2D eigenvalue weighted by Gasteiger charge is -2.36. The number of methoxy groups -OCH3 is 2. The monoisotopic (exact) mass is 437 g/mol. The number of aryl methyl sites for hydroxylation is 1. The summed E-state index contributed by atoms with van der Waals surface area (Å²) in [6.07, 6.45) is 0.526. The standard InChI is InChI=1S/C24H27N3O3S/c1-16-22(17(2)27(25-16)19-10-6-5-7-11-19)24-26(21(28)13-14-31-24)15-18-9-8-12-20(29-3)23(18)30-4/h5-12,24H,13-15H2,1-4H3. The largest absolute Gasteiger partial charge is 0.493 e. The zero-order valence-electron chi connectivity index (χ0n) is 18.3. The van der Waals surface area contributed by atoms with Crippen LogP contribution in [0.3, 0.4) is 0 Å². The number of benzene rings is 2. The number of carbonyl (C=O) groups is 1. The number of ether oxygens (including phenoxy) is 2. The van der Waals surface area contributed by atoms with Gasteiger partial charge in [0.2, 0.25) is 5.91 Å². The normalized spacial score (nSPS) is 16.5. The van der Waals surface area contributed by atoms with E-state index in [1.165, 1.54) is 0 Å². The van der Waals surface area contributed by atoms with Crippen molar-refractivity contribution in [3.05, 3.63) is 71.0 Å². The number of aromatic nitrogens is 2. The van der Waals surface area contributed by atoms with Gasteiger partial charge in [-0.3, -0.25) is 4.79 Å². The molecule has 0 saturated carbocycles. The van der Waals surface area contributed by atoms with Crippen LogP contribution in [0, 0.1) is 13.8 Å². The Morgan fingerprint density at radius 1 is 1.06 bits per heavy atom. The van der Waals surface area contributed by atoms with Gasteiger partial charge >= 0.3 is 0 Å². The highest BCUT2D eigenvalue weighted by Gasteiger charge is 2.34. The first-order chi connectivity index (χ1) is 15.0. The molecule has 0 N–H and O–H groups in total. The van der Waals surface area contributed by atoms with Crippen molar-refractivity contribution in [2.24, 2.45) is 0 Å². The third-order valence-corrected chi connectivity index (χ3v) is 6.86. The molecule has 1 atom stereocenters. The van der Waals surface area contributed by atoms with Crippen molar-refractivity contribution in [1.82, 2.24) is 14.7 Å². The molecular formula is C24H27N3O3S. The summed E-state index contributed by atoms with van der Waals surface area (Å²) in [7, 11) is 3.25. The minimum absolute atomic E-state index is 0.102. The van der Waals surface area contributed by atoms with Crippen molar-refractivity contribution < 1.29 is 14.3 Å². The fourth-order valence-corrected chi connectivity index (χ4v) is 5.52. The quantitative estimate of drug-likeness (QED) is 0.561. The van der Waals surface area contributed by atoms with E-state index >= 15 is 0 Å². The third-order valence-electron chi connectivity index (χ3n) is 5.62. The van der Waals surface area contributed by atoms with E-state index in [0.717, 1.165) is 34.0 Å². The molecule has 0 radical (unpaired) electrons. The highest BCUT2D eigenvalue weighted by Crippen LogP contribution is 2.43. The topological polar surface area (TPSA) is 56.6 Å². The van der Waals surface area contributed by atoms with Crippen LogP contribution in [0.4, 0.5) is 0 Å². The van der Waals surface area contributed by atoms with Gasteiger partial charge in [0.05, 0.1) is 32.1 Å². The Morgan fingerprint density at radius 3 is 2.55 bits per heavy atom. The molecule has 2 aromatic carbocycles. The molecule has 1 saturated heterocycles. The smallest absolute Gasteiger partial charge is 0.224 e. The second kappa shape index (κ2) is 9.06. The van der Waals surface area contributed by atoms with Crippen LogP contribution < -0.4 is 9.47 Å². The minimum atomic E-state index is -0.102. The first-order valence-electron chi connectivity index (χ1n) is 10.3. The average molecular weight is 438 g/mol. The highest BCUT2D eigenvalue weighted by molar-refractivity contribution is 7.99. The van der Waals surface area contributed by atoms with Crippen LogP contribution in [0.5, 0.6) is 11.5 Å². The number of carbonyl (C=O) groups excluding carboxylic acids is 1. The first-order valence-corrected chi connectivity index (χ1v) is 11.3. The van der Waals surface area contributed by atoms with Gasteiger partial charge in [0, 0.05) is 29.0 Å². The predicted molar refractivity (Wildman–Crippen MR) is 123 cm³/mol. The molecule has 162 valence electrons. The molecule has 4 rings (SSSR count). The van der Waals surface area contributed by atoms with Crippen LogP contribution in [0.2, 0.25) is 0 Å². The number of hydrogen-bond donors (Lipinski definition) is 0. The highest BCUT2D eigenvalue weighted by atomic mass is 32.2. The molecule has 7 heteroatoms. The summed E-state index contributed by atoms with van der Waals surface area (Å²) < 4.78 is 13.0. The van der Waals surface area contributed by atoms with Crippen molar-refractivity contribution >= 4 is 17.7 Å². The van der Waals surface area contributed by atoms with E-state index in [1.54, 1.807) is 26.0 Å². The van der Waals surface area contributed by atoms with Crippen LogP contribution in [0.1, 0.15) is 34.3 Å². The van der Waals surface area contributed by atoms with Crippen molar-refractivity contribution in [2.45, 2.75) is 32.2 Å². The lowest BCUT2D eigenvalue weighted by Crippen LogP contribution is -2.37. The van der Waals surface area contributed by atoms with Gasteiger partial charge < -0.3 is 14.4 Å². The molecule has 0 aliphatic carbocycles. The third kappa shape index (κ3) is 4.02. The number of rotatable bonds is 6. The maximum atomic E-state index is 13.0. The van der Waals surface area contributed by atoms with Gasteiger partial charge in [-0.1, -0.05) is 30.3 Å². The summed E-state index contributed by atoms with van der Waals surface area (Å²) in [6.45, 7) is 4.55. The molecule has 1 aliphatic rings. The van der Waals surface area contributed by atoms with Gasteiger partial charge in [0.1, 0.15) is 5.37 Å². The molecule has 1 unspecified atom stereocenters. The molecule has 6 nitrogen and oxygen atoms in total. The van der Waals surface area contributed by atoms with Crippen LogP contribution in [-0.2, 0) is 11.3 Å². The summed E-state index contributed by atoms with van der Waals surface area (Å²) in [4.78, 5) is 15.0. The number of thioether (sulfide) groups is 1. The Hall–Kier alpha value is -2.93. The number of nitrogens with zero attached hydrogens (tertiary/aromatic N) is 3. The zero-order valence-corrected chi connectivity index (χ0v) is 19.1. The molecular weight excluding hydrogens is 410 g/mol. The Kier molecular flexibility index (Phi) is 6.23. The predicted octanol–water partition coefficient (Wildman–Crippen LogP) is 4.67. The van der Waals surface area contributed by atoms with Crippen molar-refractivity contribution in [3.63, 3.8) is 0 Å². The van der Waals surface area contributed by atoms with E-state index in [1.807, 2.05) is 65.0 Å². The van der Waals surface area contributed by atoms with Crippen molar-refractivity contribution in [1.29, 1.82) is 0 Å². The Balaban J connectivity index is 1.73. The number of para-hydroxylation sites is 2. The van der Waals surface area contributed by atoms with Gasteiger partial charge in [0.25, 0.3) is 0 Å². The summed E-state index contributed by atoms with van der Waals surface area (Å²) in [5.41, 5.74) is 5.04. The Labute approximate surface area is 187 Å². The molecule has 31 heavy (non-hydrogen) atoms. The Morgan fingerprint density at radius 2 is 1.84 bits per heavy atom. The van der Waals surface area contributed by atoms with Gasteiger partial charge in [-0.2, -0.15) is 5.10 Å². The Bertz CT molecular complexity index is 1080. The summed E-state index contributed by atoms with van der Waals surface area (Å²) in [5, 5.41) is 4.70. The molecule has 1 amide bonds. The zero-order chi connectivity index (χ0) is 22.0. The van der Waals surface area contributed by atoms with Crippen molar-refractivity contribution in [3.8, 4) is 17.2 Å². The molecule has 2 heterocycles. The van der Waals surface area contributed by atoms with E-state index < -0.39 is 0 Å². The van der Waals surface area contributed by atoms with Crippen molar-refractivity contribution in [2.75, 3.05) is 20.0 Å². The van der Waals surface area contributed by atoms with Crippen LogP contribution in [0.15, 0.2) is 48.5 Å². The van der Waals surface area contributed by atoms with E-state index in [4.69, 9.17) is 14.6 Å². The fraction of sp³-hybridized carbons (Fsp3) is 0.333. The second-order valence-electron chi connectivity index (χ2n) is 7.48. The lowest BCUT2D eigenvalue weighted by molar-refractivity contribution is -0.132. The van der Waals surface area contributed by atoms with Gasteiger partial charge in [-0.25, -0.2) is 4.68 Å². The van der Waals surface area contributed by atoms with Gasteiger partial charge in [-0.15, -0.1) is 11.8 Å².